The second-order valence-electron chi connectivity index (χ2n) is 4.20. The summed E-state index contributed by atoms with van der Waals surface area (Å²) in [5, 5.41) is 11.6. The average Bonchev–Trinajstić information content (AvgIpc) is 2.70. The minimum Gasteiger partial charge on any atom is -0.481 e. The fraction of sp³-hybridized carbons (Fsp3) is 0.538. The number of aliphatic carboxylic acids is 1. The number of carboxylic acids is 1. The molecule has 1 unspecified atom stereocenters. The van der Waals surface area contributed by atoms with Crippen LogP contribution in [0.2, 0.25) is 0 Å². The predicted molar refractivity (Wildman–Crippen MR) is 72.2 cm³/mol. The summed E-state index contributed by atoms with van der Waals surface area (Å²) >= 11 is 1.46. The maximum Gasteiger partial charge on any atom is 0.308 e. The van der Waals surface area contributed by atoms with Crippen molar-refractivity contribution in [3.8, 4) is 0 Å². The van der Waals surface area contributed by atoms with Gasteiger partial charge in [-0.05, 0) is 31.4 Å². The molecule has 0 aliphatic heterocycles. The highest BCUT2D eigenvalue weighted by Crippen LogP contribution is 2.21. The third kappa shape index (κ3) is 3.57. The van der Waals surface area contributed by atoms with Crippen molar-refractivity contribution < 1.29 is 14.7 Å². The summed E-state index contributed by atoms with van der Waals surface area (Å²) in [5.41, 5.74) is 1.18. The Labute approximate surface area is 111 Å². The summed E-state index contributed by atoms with van der Waals surface area (Å²) in [5.74, 6) is -1.56. The number of aryl methyl sites for hydroxylation is 2. The van der Waals surface area contributed by atoms with Gasteiger partial charge in [0.25, 0.3) is 5.91 Å². The van der Waals surface area contributed by atoms with E-state index in [0.29, 0.717) is 11.3 Å². The third-order valence-electron chi connectivity index (χ3n) is 2.98. The van der Waals surface area contributed by atoms with Gasteiger partial charge in [-0.2, -0.15) is 0 Å². The molecule has 100 valence electrons. The van der Waals surface area contributed by atoms with Gasteiger partial charge in [-0.3, -0.25) is 9.59 Å². The number of hydrogen-bond donors (Lipinski definition) is 2. The minimum absolute atomic E-state index is 0.178. The molecule has 4 nitrogen and oxygen atoms in total. The van der Waals surface area contributed by atoms with E-state index in [4.69, 9.17) is 5.11 Å². The van der Waals surface area contributed by atoms with Crippen molar-refractivity contribution in [2.45, 2.75) is 33.6 Å². The van der Waals surface area contributed by atoms with E-state index in [9.17, 15) is 9.59 Å². The summed E-state index contributed by atoms with van der Waals surface area (Å²) in [6.07, 6.45) is 1.42. The van der Waals surface area contributed by atoms with Crippen molar-refractivity contribution in [3.05, 3.63) is 21.4 Å². The number of nitrogens with one attached hydrogen (secondary N) is 1. The molecule has 1 amide bonds. The molecule has 0 bridgehead atoms. The monoisotopic (exact) mass is 269 g/mol. The van der Waals surface area contributed by atoms with Gasteiger partial charge in [0.1, 0.15) is 0 Å². The van der Waals surface area contributed by atoms with Gasteiger partial charge < -0.3 is 10.4 Å². The van der Waals surface area contributed by atoms with E-state index in [2.05, 4.69) is 5.32 Å². The van der Waals surface area contributed by atoms with Crippen molar-refractivity contribution in [2.75, 3.05) is 6.54 Å². The molecule has 0 aromatic carbocycles. The lowest BCUT2D eigenvalue weighted by molar-refractivity contribution is -0.141. The Morgan fingerprint density at radius 1 is 1.44 bits per heavy atom. The summed E-state index contributed by atoms with van der Waals surface area (Å²) in [7, 11) is 0. The smallest absolute Gasteiger partial charge is 0.308 e. The summed E-state index contributed by atoms with van der Waals surface area (Å²) in [6, 6.07) is 1.89. The zero-order valence-corrected chi connectivity index (χ0v) is 11.8. The highest BCUT2D eigenvalue weighted by molar-refractivity contribution is 7.14. The van der Waals surface area contributed by atoms with E-state index in [1.54, 1.807) is 6.92 Å². The zero-order chi connectivity index (χ0) is 13.7. The Morgan fingerprint density at radius 3 is 2.56 bits per heavy atom. The number of hydrogen-bond acceptors (Lipinski definition) is 3. The quantitative estimate of drug-likeness (QED) is 0.833. The molecule has 18 heavy (non-hydrogen) atoms. The standard InChI is InChI=1S/C13H19NO3S/c1-4-9-6-11(18-8(9)3)12(15)14-7-10(5-2)13(16)17/h6,10H,4-5,7H2,1-3H3,(H,14,15)(H,16,17). The Balaban J connectivity index is 2.62. The Bertz CT molecular complexity index is 439. The molecule has 0 saturated carbocycles. The fourth-order valence-electron chi connectivity index (χ4n) is 1.69. The van der Waals surface area contributed by atoms with Crippen LogP contribution in [0.15, 0.2) is 6.07 Å². The summed E-state index contributed by atoms with van der Waals surface area (Å²) in [4.78, 5) is 24.5. The molecule has 2 N–H and O–H groups in total. The van der Waals surface area contributed by atoms with Gasteiger partial charge >= 0.3 is 5.97 Å². The second-order valence-corrected chi connectivity index (χ2v) is 5.46. The van der Waals surface area contributed by atoms with Crippen LogP contribution in [0.5, 0.6) is 0 Å². The number of rotatable bonds is 6. The molecule has 0 spiro atoms. The van der Waals surface area contributed by atoms with Crippen LogP contribution in [-0.4, -0.2) is 23.5 Å². The van der Waals surface area contributed by atoms with Gasteiger partial charge in [0, 0.05) is 11.4 Å². The van der Waals surface area contributed by atoms with Crippen LogP contribution in [0.4, 0.5) is 0 Å². The van der Waals surface area contributed by atoms with Gasteiger partial charge in [0.05, 0.1) is 10.8 Å². The highest BCUT2D eigenvalue weighted by atomic mass is 32.1. The molecule has 0 aliphatic rings. The van der Waals surface area contributed by atoms with Crippen LogP contribution in [0.3, 0.4) is 0 Å². The minimum atomic E-state index is -0.866. The number of thiophene rings is 1. The molecule has 0 aliphatic carbocycles. The lowest BCUT2D eigenvalue weighted by Gasteiger charge is -2.10. The van der Waals surface area contributed by atoms with Crippen molar-refractivity contribution in [1.82, 2.24) is 5.32 Å². The van der Waals surface area contributed by atoms with Gasteiger partial charge in [-0.25, -0.2) is 0 Å². The first-order chi connectivity index (χ1) is 8.49. The Kier molecular flexibility index (Phi) is 5.34. The van der Waals surface area contributed by atoms with E-state index in [1.807, 2.05) is 19.9 Å². The molecule has 1 rings (SSSR count). The van der Waals surface area contributed by atoms with Gasteiger partial charge in [-0.15, -0.1) is 11.3 Å². The van der Waals surface area contributed by atoms with Gasteiger partial charge in [0.15, 0.2) is 0 Å². The molecule has 1 atom stereocenters. The normalized spacial score (nSPS) is 12.2. The van der Waals surface area contributed by atoms with Crippen molar-refractivity contribution >= 4 is 23.2 Å². The molecule has 5 heteroatoms. The number of carbonyl (C=O) groups is 2. The maximum absolute atomic E-state index is 11.9. The third-order valence-corrected chi connectivity index (χ3v) is 4.07. The predicted octanol–water partition coefficient (Wildman–Crippen LogP) is 2.46. The number of carboxylic acid groups (broad SMARTS) is 1. The molecule has 1 heterocycles. The summed E-state index contributed by atoms with van der Waals surface area (Å²) in [6.45, 7) is 6.03. The number of carbonyl (C=O) groups excluding carboxylic acids is 1. The fourth-order valence-corrected chi connectivity index (χ4v) is 2.72. The first kappa shape index (κ1) is 14.7. The lowest BCUT2D eigenvalue weighted by atomic mass is 10.1. The van der Waals surface area contributed by atoms with E-state index in [0.717, 1.165) is 11.3 Å². The Hall–Kier alpha value is -1.36. The molecule has 0 fully saturated rings. The summed E-state index contributed by atoms with van der Waals surface area (Å²) < 4.78 is 0. The average molecular weight is 269 g/mol. The van der Waals surface area contributed by atoms with Gasteiger partial charge in [0.2, 0.25) is 0 Å². The van der Waals surface area contributed by atoms with E-state index in [-0.39, 0.29) is 12.5 Å². The van der Waals surface area contributed by atoms with Crippen LogP contribution < -0.4 is 5.32 Å². The zero-order valence-electron chi connectivity index (χ0n) is 10.9. The molecule has 0 radical (unpaired) electrons. The lowest BCUT2D eigenvalue weighted by Crippen LogP contribution is -2.32. The molecule has 1 aromatic rings. The van der Waals surface area contributed by atoms with E-state index < -0.39 is 11.9 Å². The largest absolute Gasteiger partial charge is 0.481 e. The SMILES string of the molecule is CCc1cc(C(=O)NCC(CC)C(=O)O)sc1C. The van der Waals surface area contributed by atoms with Crippen molar-refractivity contribution in [3.63, 3.8) is 0 Å². The van der Waals surface area contributed by atoms with E-state index >= 15 is 0 Å². The van der Waals surface area contributed by atoms with Crippen LogP contribution in [0.25, 0.3) is 0 Å². The van der Waals surface area contributed by atoms with Crippen LogP contribution in [0.1, 0.15) is 40.4 Å². The number of amides is 1. The molecular formula is C13H19NO3S. The maximum atomic E-state index is 11.9. The van der Waals surface area contributed by atoms with Crippen LogP contribution in [-0.2, 0) is 11.2 Å². The van der Waals surface area contributed by atoms with Gasteiger partial charge in [-0.1, -0.05) is 13.8 Å². The van der Waals surface area contributed by atoms with Crippen molar-refractivity contribution in [1.29, 1.82) is 0 Å². The van der Waals surface area contributed by atoms with Crippen LogP contribution >= 0.6 is 11.3 Å². The molecule has 0 saturated heterocycles. The Morgan fingerprint density at radius 2 is 2.11 bits per heavy atom. The molecule has 1 aromatic heterocycles. The molecular weight excluding hydrogens is 250 g/mol. The second kappa shape index (κ2) is 6.54. The first-order valence-electron chi connectivity index (χ1n) is 6.09. The van der Waals surface area contributed by atoms with E-state index in [1.165, 1.54) is 16.9 Å². The van der Waals surface area contributed by atoms with Crippen LogP contribution in [0, 0.1) is 12.8 Å². The first-order valence-corrected chi connectivity index (χ1v) is 6.91. The van der Waals surface area contributed by atoms with Crippen molar-refractivity contribution in [2.24, 2.45) is 5.92 Å². The topological polar surface area (TPSA) is 66.4 Å². The highest BCUT2D eigenvalue weighted by Gasteiger charge is 2.17.